The Bertz CT molecular complexity index is 901. The lowest BCUT2D eigenvalue weighted by atomic mass is 10.3. The fourth-order valence-electron chi connectivity index (χ4n) is 2.20. The van der Waals surface area contributed by atoms with Crippen molar-refractivity contribution in [3.8, 4) is 0 Å². The molecule has 2 aromatic carbocycles. The third-order valence-electron chi connectivity index (χ3n) is 3.98. The van der Waals surface area contributed by atoms with Gasteiger partial charge in [-0.2, -0.15) is 0 Å². The molecule has 2 aromatic rings. The number of nitrogens with one attached hydrogen (secondary N) is 1. The predicted molar refractivity (Wildman–Crippen MR) is 118 cm³/mol. The van der Waals surface area contributed by atoms with Crippen LogP contribution in [0.4, 0.5) is 22.7 Å². The first-order valence-electron chi connectivity index (χ1n) is 9.00. The van der Waals surface area contributed by atoms with E-state index in [0.29, 0.717) is 5.69 Å². The fourth-order valence-corrected chi connectivity index (χ4v) is 2.63. The van der Waals surface area contributed by atoms with E-state index in [9.17, 15) is 20.2 Å². The summed E-state index contributed by atoms with van der Waals surface area (Å²) in [5, 5.41) is 28.8. The molecule has 0 aliphatic carbocycles. The summed E-state index contributed by atoms with van der Waals surface area (Å²) in [5.41, 5.74) is 2.70. The van der Waals surface area contributed by atoms with Crippen molar-refractivity contribution in [2.24, 2.45) is 10.3 Å². The van der Waals surface area contributed by atoms with E-state index in [1.807, 2.05) is 0 Å². The van der Waals surface area contributed by atoms with Crippen LogP contribution >= 0.6 is 23.2 Å². The molecule has 0 heterocycles. The van der Waals surface area contributed by atoms with Crippen molar-refractivity contribution >= 4 is 46.0 Å². The van der Waals surface area contributed by atoms with Crippen molar-refractivity contribution in [3.05, 3.63) is 66.7 Å². The number of anilines is 1. The SMILES string of the molecule is CCN(CC)CC.O=[N+]([O-])c1ccc(N=NNc2ccc([N+](=O)[O-])cc2Cl)c(Cl)c1. The Labute approximate surface area is 183 Å². The van der Waals surface area contributed by atoms with E-state index in [4.69, 9.17) is 23.2 Å². The van der Waals surface area contributed by atoms with Crippen LogP contribution in [0.2, 0.25) is 10.0 Å². The summed E-state index contributed by atoms with van der Waals surface area (Å²) >= 11 is 11.7. The van der Waals surface area contributed by atoms with Crippen LogP contribution in [0, 0.1) is 20.2 Å². The number of hydrogen-bond donors (Lipinski definition) is 1. The van der Waals surface area contributed by atoms with E-state index >= 15 is 0 Å². The van der Waals surface area contributed by atoms with E-state index in [2.05, 4.69) is 41.4 Å². The number of nitro groups is 2. The highest BCUT2D eigenvalue weighted by molar-refractivity contribution is 6.33. The molecule has 0 aromatic heterocycles. The van der Waals surface area contributed by atoms with Crippen LogP contribution in [0.1, 0.15) is 20.8 Å². The molecule has 12 heteroatoms. The lowest BCUT2D eigenvalue weighted by molar-refractivity contribution is -0.385. The lowest BCUT2D eigenvalue weighted by Crippen LogP contribution is -2.21. The highest BCUT2D eigenvalue weighted by atomic mass is 35.5. The van der Waals surface area contributed by atoms with Gasteiger partial charge in [-0.3, -0.25) is 25.7 Å². The van der Waals surface area contributed by atoms with Gasteiger partial charge in [0.25, 0.3) is 11.4 Å². The maximum atomic E-state index is 10.6. The quantitative estimate of drug-likeness (QED) is 0.283. The average molecular weight is 457 g/mol. The van der Waals surface area contributed by atoms with Gasteiger partial charge >= 0.3 is 0 Å². The number of nitro benzene ring substituents is 2. The predicted octanol–water partition coefficient (Wildman–Crippen LogP) is 6.27. The first kappa shape index (κ1) is 25.2. The van der Waals surface area contributed by atoms with Gasteiger partial charge in [0.15, 0.2) is 0 Å². The third-order valence-corrected chi connectivity index (χ3v) is 4.59. The second-order valence-corrected chi connectivity index (χ2v) is 6.56. The maximum absolute atomic E-state index is 10.6. The zero-order chi connectivity index (χ0) is 22.7. The average Bonchev–Trinajstić information content (AvgIpc) is 2.71. The van der Waals surface area contributed by atoms with Crippen molar-refractivity contribution in [3.63, 3.8) is 0 Å². The number of benzene rings is 2. The molecule has 10 nitrogen and oxygen atoms in total. The van der Waals surface area contributed by atoms with E-state index in [-0.39, 0.29) is 27.1 Å². The van der Waals surface area contributed by atoms with Gasteiger partial charge in [-0.05, 0) is 31.8 Å². The highest BCUT2D eigenvalue weighted by Gasteiger charge is 2.10. The molecule has 0 radical (unpaired) electrons. The van der Waals surface area contributed by atoms with Crippen molar-refractivity contribution in [2.45, 2.75) is 20.8 Å². The summed E-state index contributed by atoms with van der Waals surface area (Å²) in [6, 6.07) is 7.51. The zero-order valence-corrected chi connectivity index (χ0v) is 18.2. The van der Waals surface area contributed by atoms with Crippen LogP contribution in [0.3, 0.4) is 0 Å². The van der Waals surface area contributed by atoms with Crippen LogP contribution in [0.15, 0.2) is 46.7 Å². The molecule has 0 spiro atoms. The molecule has 0 atom stereocenters. The summed E-state index contributed by atoms with van der Waals surface area (Å²) in [6.45, 7) is 10.1. The molecule has 162 valence electrons. The number of hydrogen-bond acceptors (Lipinski definition) is 7. The van der Waals surface area contributed by atoms with Gasteiger partial charge in [0.1, 0.15) is 5.69 Å². The van der Waals surface area contributed by atoms with Crippen LogP contribution in [0.5, 0.6) is 0 Å². The minimum atomic E-state index is -0.582. The topological polar surface area (TPSA) is 126 Å². The molecule has 2 rings (SSSR count). The van der Waals surface area contributed by atoms with Crippen LogP contribution < -0.4 is 5.43 Å². The molecule has 30 heavy (non-hydrogen) atoms. The Morgan fingerprint density at radius 3 is 1.80 bits per heavy atom. The van der Waals surface area contributed by atoms with E-state index in [1.165, 1.54) is 43.9 Å². The number of halogens is 2. The van der Waals surface area contributed by atoms with Gasteiger partial charge in [-0.1, -0.05) is 49.2 Å². The maximum Gasteiger partial charge on any atom is 0.271 e. The van der Waals surface area contributed by atoms with Crippen LogP contribution in [-0.4, -0.2) is 34.4 Å². The smallest absolute Gasteiger partial charge is 0.271 e. The first-order chi connectivity index (χ1) is 14.2. The molecule has 1 N–H and O–H groups in total. The molecule has 0 saturated carbocycles. The Morgan fingerprint density at radius 2 is 1.40 bits per heavy atom. The second-order valence-electron chi connectivity index (χ2n) is 5.75. The van der Waals surface area contributed by atoms with Gasteiger partial charge in [0.05, 0.1) is 25.6 Å². The normalized spacial score (nSPS) is 10.6. The molecule has 0 bridgehead atoms. The third kappa shape index (κ3) is 7.90. The van der Waals surface area contributed by atoms with E-state index in [1.54, 1.807) is 0 Å². The van der Waals surface area contributed by atoms with Gasteiger partial charge in [-0.25, -0.2) is 0 Å². The van der Waals surface area contributed by atoms with Crippen molar-refractivity contribution in [2.75, 3.05) is 25.1 Å². The Kier molecular flexibility index (Phi) is 10.7. The highest BCUT2D eigenvalue weighted by Crippen LogP contribution is 2.30. The molecule has 0 amide bonds. The van der Waals surface area contributed by atoms with Crippen LogP contribution in [0.25, 0.3) is 0 Å². The van der Waals surface area contributed by atoms with Crippen molar-refractivity contribution in [1.29, 1.82) is 0 Å². The number of nitrogens with zero attached hydrogens (tertiary/aromatic N) is 5. The monoisotopic (exact) mass is 456 g/mol. The van der Waals surface area contributed by atoms with Gasteiger partial charge in [-0.15, -0.1) is 5.11 Å². The second kappa shape index (κ2) is 12.7. The lowest BCUT2D eigenvalue weighted by Gasteiger charge is -2.13. The van der Waals surface area contributed by atoms with Gasteiger partial charge in [0, 0.05) is 24.3 Å². The molecule has 0 aliphatic rings. The standard InChI is InChI=1S/C12H7Cl2N5O4.C6H15N/c13-9-5-7(18(20)21)1-3-11(9)15-17-16-12-4-2-8(19(22)23)6-10(12)14;1-4-7(5-2)6-3/h1-6H,(H,15,16);4-6H2,1-3H3. The van der Waals surface area contributed by atoms with Crippen molar-refractivity contribution < 1.29 is 9.85 Å². The summed E-state index contributed by atoms with van der Waals surface area (Å²) in [7, 11) is 0. The molecule has 0 saturated heterocycles. The number of rotatable bonds is 8. The Balaban J connectivity index is 0.000000553. The van der Waals surface area contributed by atoms with Gasteiger partial charge < -0.3 is 4.90 Å². The number of non-ortho nitro benzene ring substituents is 2. The fraction of sp³-hybridized carbons (Fsp3) is 0.333. The zero-order valence-electron chi connectivity index (χ0n) is 16.7. The minimum absolute atomic E-state index is 0.0551. The summed E-state index contributed by atoms with van der Waals surface area (Å²) in [5.74, 6) is 0. The van der Waals surface area contributed by atoms with Gasteiger partial charge in [0.2, 0.25) is 0 Å². The van der Waals surface area contributed by atoms with E-state index in [0.717, 1.165) is 12.1 Å². The summed E-state index contributed by atoms with van der Waals surface area (Å²) in [6.07, 6.45) is 0. The van der Waals surface area contributed by atoms with E-state index < -0.39 is 9.85 Å². The molecule has 0 unspecified atom stereocenters. The molecule has 0 fully saturated rings. The largest absolute Gasteiger partial charge is 0.304 e. The Hall–Kier alpha value is -2.82. The summed E-state index contributed by atoms with van der Waals surface area (Å²) < 4.78 is 0. The Morgan fingerprint density at radius 1 is 0.900 bits per heavy atom. The van der Waals surface area contributed by atoms with Crippen molar-refractivity contribution in [1.82, 2.24) is 4.90 Å². The molecular weight excluding hydrogens is 435 g/mol. The molecule has 0 aliphatic heterocycles. The summed E-state index contributed by atoms with van der Waals surface area (Å²) in [4.78, 5) is 22.4. The minimum Gasteiger partial charge on any atom is -0.304 e. The molecular formula is C18H22Cl2N6O4. The van der Waals surface area contributed by atoms with Crippen LogP contribution in [-0.2, 0) is 0 Å². The first-order valence-corrected chi connectivity index (χ1v) is 9.75.